The second-order valence-electron chi connectivity index (χ2n) is 4.27. The standard InChI is InChI=1S/C13H16ClNO2/c1-17-12(8-15-13(16)9-6-7-9)10-4-2-3-5-11(10)14/h2-5,9,12H,6-8H2,1H3,(H,15,16). The van der Waals surface area contributed by atoms with Crippen molar-refractivity contribution in [1.29, 1.82) is 0 Å². The number of benzene rings is 1. The fraction of sp³-hybridized carbons (Fsp3) is 0.462. The van der Waals surface area contributed by atoms with Crippen LogP contribution >= 0.6 is 11.6 Å². The fourth-order valence-electron chi connectivity index (χ4n) is 1.74. The van der Waals surface area contributed by atoms with E-state index in [0.717, 1.165) is 18.4 Å². The van der Waals surface area contributed by atoms with Crippen molar-refractivity contribution in [1.82, 2.24) is 5.32 Å². The van der Waals surface area contributed by atoms with Gasteiger partial charge in [0.05, 0.1) is 0 Å². The van der Waals surface area contributed by atoms with E-state index in [4.69, 9.17) is 16.3 Å². The summed E-state index contributed by atoms with van der Waals surface area (Å²) >= 11 is 6.10. The van der Waals surface area contributed by atoms with Crippen molar-refractivity contribution in [3.05, 3.63) is 34.9 Å². The molecule has 1 aromatic rings. The number of carbonyl (C=O) groups is 1. The first-order valence-corrected chi connectivity index (χ1v) is 6.15. The maximum Gasteiger partial charge on any atom is 0.223 e. The number of methoxy groups -OCH3 is 1. The molecule has 0 heterocycles. The summed E-state index contributed by atoms with van der Waals surface area (Å²) in [6.07, 6.45) is 1.83. The van der Waals surface area contributed by atoms with Gasteiger partial charge in [-0.2, -0.15) is 0 Å². The number of carbonyl (C=O) groups excluding carboxylic acids is 1. The van der Waals surface area contributed by atoms with E-state index in [-0.39, 0.29) is 17.9 Å². The highest BCUT2D eigenvalue weighted by Crippen LogP contribution is 2.29. The normalized spacial score (nSPS) is 16.6. The second kappa shape index (κ2) is 5.52. The van der Waals surface area contributed by atoms with Gasteiger partial charge in [-0.1, -0.05) is 29.8 Å². The third-order valence-electron chi connectivity index (χ3n) is 2.95. The minimum atomic E-state index is -0.189. The smallest absolute Gasteiger partial charge is 0.223 e. The van der Waals surface area contributed by atoms with Gasteiger partial charge in [-0.25, -0.2) is 0 Å². The Morgan fingerprint density at radius 1 is 1.53 bits per heavy atom. The molecule has 0 radical (unpaired) electrons. The van der Waals surface area contributed by atoms with Gasteiger partial charge >= 0.3 is 0 Å². The topological polar surface area (TPSA) is 38.3 Å². The quantitative estimate of drug-likeness (QED) is 0.876. The molecule has 2 rings (SSSR count). The fourth-order valence-corrected chi connectivity index (χ4v) is 2.00. The zero-order valence-corrected chi connectivity index (χ0v) is 10.5. The van der Waals surface area contributed by atoms with Crippen LogP contribution in [0.25, 0.3) is 0 Å². The Bertz CT molecular complexity index is 404. The summed E-state index contributed by atoms with van der Waals surface area (Å²) in [5.74, 6) is 0.345. The van der Waals surface area contributed by atoms with Crippen molar-refractivity contribution in [3.63, 3.8) is 0 Å². The second-order valence-corrected chi connectivity index (χ2v) is 4.67. The first kappa shape index (κ1) is 12.4. The molecule has 1 aromatic carbocycles. The summed E-state index contributed by atoms with van der Waals surface area (Å²) in [4.78, 5) is 11.5. The molecule has 4 heteroatoms. The van der Waals surface area contributed by atoms with E-state index in [1.165, 1.54) is 0 Å². The SMILES string of the molecule is COC(CNC(=O)C1CC1)c1ccccc1Cl. The Morgan fingerprint density at radius 2 is 2.24 bits per heavy atom. The largest absolute Gasteiger partial charge is 0.375 e. The Morgan fingerprint density at radius 3 is 2.82 bits per heavy atom. The third kappa shape index (κ3) is 3.20. The molecule has 1 aliphatic rings. The molecule has 1 fully saturated rings. The highest BCUT2D eigenvalue weighted by molar-refractivity contribution is 6.31. The maximum absolute atomic E-state index is 11.5. The van der Waals surface area contributed by atoms with E-state index in [0.29, 0.717) is 11.6 Å². The average Bonchev–Trinajstić information content (AvgIpc) is 3.15. The number of hydrogen-bond donors (Lipinski definition) is 1. The molecule has 1 N–H and O–H groups in total. The molecule has 92 valence electrons. The Balaban J connectivity index is 1.96. The number of rotatable bonds is 5. The first-order chi connectivity index (χ1) is 8.22. The van der Waals surface area contributed by atoms with Gasteiger partial charge in [0.1, 0.15) is 6.10 Å². The zero-order valence-electron chi connectivity index (χ0n) is 9.78. The number of halogens is 1. The molecule has 17 heavy (non-hydrogen) atoms. The molecule has 0 aliphatic heterocycles. The van der Waals surface area contributed by atoms with Crippen LogP contribution in [0.1, 0.15) is 24.5 Å². The Kier molecular flexibility index (Phi) is 4.02. The van der Waals surface area contributed by atoms with Crippen LogP contribution in [-0.4, -0.2) is 19.6 Å². The average molecular weight is 254 g/mol. The van der Waals surface area contributed by atoms with Crippen molar-refractivity contribution in [2.45, 2.75) is 18.9 Å². The van der Waals surface area contributed by atoms with E-state index >= 15 is 0 Å². The van der Waals surface area contributed by atoms with Crippen LogP contribution in [0.15, 0.2) is 24.3 Å². The molecule has 3 nitrogen and oxygen atoms in total. The van der Waals surface area contributed by atoms with E-state index in [9.17, 15) is 4.79 Å². The van der Waals surface area contributed by atoms with Gasteiger partial charge in [0.2, 0.25) is 5.91 Å². The van der Waals surface area contributed by atoms with Crippen LogP contribution in [0.5, 0.6) is 0 Å². The maximum atomic E-state index is 11.5. The van der Waals surface area contributed by atoms with Crippen LogP contribution in [0.3, 0.4) is 0 Å². The van der Waals surface area contributed by atoms with Gasteiger partial charge in [0.15, 0.2) is 0 Å². The zero-order chi connectivity index (χ0) is 12.3. The number of ether oxygens (including phenoxy) is 1. The molecule has 0 saturated heterocycles. The van der Waals surface area contributed by atoms with Crippen molar-refractivity contribution < 1.29 is 9.53 Å². The van der Waals surface area contributed by atoms with Crippen molar-refractivity contribution in [2.24, 2.45) is 5.92 Å². The minimum absolute atomic E-state index is 0.124. The molecule has 0 bridgehead atoms. The van der Waals surface area contributed by atoms with Gasteiger partial charge in [-0.15, -0.1) is 0 Å². The predicted octanol–water partition coefficient (Wildman–Crippen LogP) is 2.55. The Labute approximate surface area is 106 Å². The number of nitrogens with one attached hydrogen (secondary N) is 1. The lowest BCUT2D eigenvalue weighted by Crippen LogP contribution is -2.30. The molecule has 1 amide bonds. The molecule has 1 aliphatic carbocycles. The van der Waals surface area contributed by atoms with Crippen LogP contribution in [0.2, 0.25) is 5.02 Å². The highest BCUT2D eigenvalue weighted by Gasteiger charge is 2.29. The van der Waals surface area contributed by atoms with E-state index in [2.05, 4.69) is 5.32 Å². The minimum Gasteiger partial charge on any atom is -0.375 e. The van der Waals surface area contributed by atoms with Gasteiger partial charge < -0.3 is 10.1 Å². The molecule has 1 saturated carbocycles. The van der Waals surface area contributed by atoms with Gasteiger partial charge in [0.25, 0.3) is 0 Å². The summed E-state index contributed by atoms with van der Waals surface area (Å²) < 4.78 is 5.37. The Hall–Kier alpha value is -1.06. The van der Waals surface area contributed by atoms with Crippen LogP contribution in [-0.2, 0) is 9.53 Å². The summed E-state index contributed by atoms with van der Waals surface area (Å²) in [6.45, 7) is 0.468. The molecular weight excluding hydrogens is 238 g/mol. The lowest BCUT2D eigenvalue weighted by molar-refractivity contribution is -0.122. The third-order valence-corrected chi connectivity index (χ3v) is 3.29. The van der Waals surface area contributed by atoms with Gasteiger partial charge in [-0.3, -0.25) is 4.79 Å². The highest BCUT2D eigenvalue weighted by atomic mass is 35.5. The van der Waals surface area contributed by atoms with E-state index in [1.807, 2.05) is 24.3 Å². The van der Waals surface area contributed by atoms with E-state index in [1.54, 1.807) is 7.11 Å². The van der Waals surface area contributed by atoms with Crippen LogP contribution in [0, 0.1) is 5.92 Å². The molecule has 0 spiro atoms. The van der Waals surface area contributed by atoms with Crippen LogP contribution < -0.4 is 5.32 Å². The molecule has 1 atom stereocenters. The molecular formula is C13H16ClNO2. The lowest BCUT2D eigenvalue weighted by atomic mass is 10.1. The summed E-state index contributed by atoms with van der Waals surface area (Å²) in [6, 6.07) is 7.53. The molecule has 0 aromatic heterocycles. The first-order valence-electron chi connectivity index (χ1n) is 5.77. The summed E-state index contributed by atoms with van der Waals surface area (Å²) in [5.41, 5.74) is 0.910. The van der Waals surface area contributed by atoms with Crippen LogP contribution in [0.4, 0.5) is 0 Å². The van der Waals surface area contributed by atoms with Crippen molar-refractivity contribution in [2.75, 3.05) is 13.7 Å². The number of amides is 1. The monoisotopic (exact) mass is 253 g/mol. The van der Waals surface area contributed by atoms with Crippen molar-refractivity contribution >= 4 is 17.5 Å². The van der Waals surface area contributed by atoms with Gasteiger partial charge in [0, 0.05) is 30.2 Å². The lowest BCUT2D eigenvalue weighted by Gasteiger charge is -2.17. The van der Waals surface area contributed by atoms with E-state index < -0.39 is 0 Å². The summed E-state index contributed by atoms with van der Waals surface area (Å²) in [7, 11) is 1.62. The molecule has 1 unspecified atom stereocenters. The van der Waals surface area contributed by atoms with Crippen molar-refractivity contribution in [3.8, 4) is 0 Å². The van der Waals surface area contributed by atoms with Gasteiger partial charge in [-0.05, 0) is 18.9 Å². The number of hydrogen-bond acceptors (Lipinski definition) is 2. The summed E-state index contributed by atoms with van der Waals surface area (Å²) in [5, 5.41) is 3.57. The predicted molar refractivity (Wildman–Crippen MR) is 66.9 cm³/mol.